The summed E-state index contributed by atoms with van der Waals surface area (Å²) in [6.07, 6.45) is 1.59. The molecule has 1 aliphatic carbocycles. The zero-order valence-electron chi connectivity index (χ0n) is 18.1. The lowest BCUT2D eigenvalue weighted by molar-refractivity contribution is -0.140. The predicted octanol–water partition coefficient (Wildman–Crippen LogP) is 5.00. The van der Waals surface area contributed by atoms with E-state index in [-0.39, 0.29) is 23.6 Å². The Balaban J connectivity index is 1.23. The van der Waals surface area contributed by atoms with Crippen LogP contribution in [0.4, 0.5) is 19.0 Å². The number of pyridine rings is 1. The molecule has 3 aromatic heterocycles. The van der Waals surface area contributed by atoms with Crippen LogP contribution < -0.4 is 10.6 Å². The first-order valence-corrected chi connectivity index (χ1v) is 11.0. The third kappa shape index (κ3) is 4.15. The summed E-state index contributed by atoms with van der Waals surface area (Å²) in [6.45, 7) is 0. The van der Waals surface area contributed by atoms with E-state index in [0.717, 1.165) is 42.8 Å². The number of nitrogens with one attached hydrogen (secondary N) is 2. The quantitative estimate of drug-likeness (QED) is 0.455. The van der Waals surface area contributed by atoms with Gasteiger partial charge in [0.15, 0.2) is 5.69 Å². The van der Waals surface area contributed by atoms with Crippen LogP contribution in [0.2, 0.25) is 0 Å². The van der Waals surface area contributed by atoms with Crippen molar-refractivity contribution in [2.24, 2.45) is 7.05 Å². The Bertz CT molecular complexity index is 1310. The molecule has 0 bridgehead atoms. The van der Waals surface area contributed by atoms with Crippen LogP contribution in [0.1, 0.15) is 41.7 Å². The molecule has 1 aliphatic rings. The molecule has 1 aromatic carbocycles. The van der Waals surface area contributed by atoms with Crippen molar-refractivity contribution in [3.05, 3.63) is 66.1 Å². The molecule has 0 spiro atoms. The number of fused-ring (bicyclic) bond motifs is 2. The molecule has 2 N–H and O–H groups in total. The zero-order valence-corrected chi connectivity index (χ0v) is 18.1. The lowest BCUT2D eigenvalue weighted by Gasteiger charge is -2.30. The summed E-state index contributed by atoms with van der Waals surface area (Å²) in [7, 11) is 1.93. The van der Waals surface area contributed by atoms with Crippen LogP contribution in [-0.4, -0.2) is 31.9 Å². The number of anilines is 1. The van der Waals surface area contributed by atoms with Crippen molar-refractivity contribution >= 4 is 28.3 Å². The highest BCUT2D eigenvalue weighted by Gasteiger charge is 2.34. The van der Waals surface area contributed by atoms with Gasteiger partial charge in [-0.25, -0.2) is 4.98 Å². The Labute approximate surface area is 188 Å². The minimum Gasteiger partial charge on any atom is -0.368 e. The van der Waals surface area contributed by atoms with Gasteiger partial charge in [-0.3, -0.25) is 9.20 Å². The molecule has 0 aliphatic heterocycles. The summed E-state index contributed by atoms with van der Waals surface area (Å²) >= 11 is 0. The average molecular weight is 455 g/mol. The van der Waals surface area contributed by atoms with Crippen LogP contribution in [0.25, 0.3) is 16.6 Å². The van der Waals surface area contributed by atoms with Gasteiger partial charge in [0.05, 0.1) is 5.56 Å². The number of amides is 1. The molecular formula is C24H24F3N5O. The summed E-state index contributed by atoms with van der Waals surface area (Å²) in [5.41, 5.74) is 1.03. The summed E-state index contributed by atoms with van der Waals surface area (Å²) in [5, 5.41) is 7.45. The molecule has 172 valence electrons. The van der Waals surface area contributed by atoms with Gasteiger partial charge >= 0.3 is 6.18 Å². The molecule has 0 atom stereocenters. The fourth-order valence-corrected chi connectivity index (χ4v) is 4.64. The maximum Gasteiger partial charge on any atom is 0.434 e. The molecule has 0 saturated heterocycles. The lowest BCUT2D eigenvalue weighted by Crippen LogP contribution is -2.40. The first-order valence-electron chi connectivity index (χ1n) is 11.0. The van der Waals surface area contributed by atoms with Crippen molar-refractivity contribution in [3.8, 4) is 0 Å². The van der Waals surface area contributed by atoms with Crippen molar-refractivity contribution in [2.45, 2.75) is 43.9 Å². The number of benzene rings is 1. The highest BCUT2D eigenvalue weighted by atomic mass is 19.4. The number of carbonyl (C=O) groups is 1. The number of nitrogens with zero attached hydrogens (tertiary/aromatic N) is 3. The third-order valence-electron chi connectivity index (χ3n) is 6.34. The summed E-state index contributed by atoms with van der Waals surface area (Å²) in [5.74, 6) is 0.504. The van der Waals surface area contributed by atoms with Crippen molar-refractivity contribution in [1.82, 2.24) is 19.3 Å². The molecule has 9 heteroatoms. The molecule has 0 radical (unpaired) electrons. The van der Waals surface area contributed by atoms with Gasteiger partial charge in [0, 0.05) is 42.4 Å². The molecule has 33 heavy (non-hydrogen) atoms. The molecule has 6 nitrogen and oxygen atoms in total. The number of aryl methyl sites for hydroxylation is 1. The van der Waals surface area contributed by atoms with Crippen LogP contribution in [0.3, 0.4) is 0 Å². The second-order valence-electron chi connectivity index (χ2n) is 8.60. The second kappa shape index (κ2) is 8.13. The fourth-order valence-electron chi connectivity index (χ4n) is 4.64. The molecule has 5 rings (SSSR count). The maximum absolute atomic E-state index is 13.0. The number of para-hydroxylation sites is 1. The van der Waals surface area contributed by atoms with E-state index in [1.54, 1.807) is 18.2 Å². The van der Waals surface area contributed by atoms with Crippen molar-refractivity contribution < 1.29 is 18.0 Å². The predicted molar refractivity (Wildman–Crippen MR) is 120 cm³/mol. The van der Waals surface area contributed by atoms with E-state index in [9.17, 15) is 18.0 Å². The molecule has 0 unspecified atom stereocenters. The van der Waals surface area contributed by atoms with E-state index in [4.69, 9.17) is 0 Å². The van der Waals surface area contributed by atoms with Crippen molar-refractivity contribution in [3.63, 3.8) is 0 Å². The van der Waals surface area contributed by atoms with E-state index >= 15 is 0 Å². The van der Waals surface area contributed by atoms with Crippen LogP contribution >= 0.6 is 0 Å². The van der Waals surface area contributed by atoms with Gasteiger partial charge in [-0.05, 0) is 43.9 Å². The van der Waals surface area contributed by atoms with E-state index in [0.29, 0.717) is 11.4 Å². The number of alkyl halides is 3. The van der Waals surface area contributed by atoms with Gasteiger partial charge in [0.2, 0.25) is 0 Å². The molecule has 1 fully saturated rings. The Morgan fingerprint density at radius 2 is 1.73 bits per heavy atom. The van der Waals surface area contributed by atoms with Gasteiger partial charge in [0.1, 0.15) is 11.5 Å². The third-order valence-corrected chi connectivity index (χ3v) is 6.34. The standard InChI is InChI=1S/C24H24F3N5O/c1-31-13-18(17-5-2-3-6-19(17)31)23(33)29-16-11-9-15(10-12-16)28-21-7-4-8-22-30-20(14-32(21)22)24(25,26)27/h2-8,13-16,28H,9-12H2,1H3,(H,29,33)/t15-,16+. The van der Waals surface area contributed by atoms with Crippen molar-refractivity contribution in [1.29, 1.82) is 0 Å². The number of carbonyl (C=O) groups excluding carboxylic acids is 1. The van der Waals surface area contributed by atoms with Gasteiger partial charge < -0.3 is 15.2 Å². The smallest absolute Gasteiger partial charge is 0.368 e. The zero-order chi connectivity index (χ0) is 23.2. The van der Waals surface area contributed by atoms with E-state index in [2.05, 4.69) is 15.6 Å². The largest absolute Gasteiger partial charge is 0.434 e. The van der Waals surface area contributed by atoms with Crippen LogP contribution in [0.5, 0.6) is 0 Å². The highest BCUT2D eigenvalue weighted by Crippen LogP contribution is 2.30. The highest BCUT2D eigenvalue weighted by molar-refractivity contribution is 6.07. The Hall–Kier alpha value is -3.49. The SMILES string of the molecule is Cn1cc(C(=O)N[C@H]2CC[C@@H](Nc3cccc4nc(C(F)(F)F)cn34)CC2)c2ccccc21. The van der Waals surface area contributed by atoms with Crippen LogP contribution in [-0.2, 0) is 13.2 Å². The summed E-state index contributed by atoms with van der Waals surface area (Å²) < 4.78 is 42.5. The number of rotatable bonds is 4. The first-order chi connectivity index (χ1) is 15.8. The molecule has 4 aromatic rings. The van der Waals surface area contributed by atoms with E-state index in [1.165, 1.54) is 4.40 Å². The number of aromatic nitrogens is 3. The molecule has 3 heterocycles. The molecule has 1 saturated carbocycles. The number of imidazole rings is 1. The van der Waals surface area contributed by atoms with Gasteiger partial charge in [-0.1, -0.05) is 24.3 Å². The molecular weight excluding hydrogens is 431 g/mol. The monoisotopic (exact) mass is 455 g/mol. The van der Waals surface area contributed by atoms with Gasteiger partial charge in [-0.15, -0.1) is 0 Å². The summed E-state index contributed by atoms with van der Waals surface area (Å²) in [6, 6.07) is 13.0. The minimum atomic E-state index is -4.48. The number of hydrogen-bond donors (Lipinski definition) is 2. The fraction of sp³-hybridized carbons (Fsp3) is 0.333. The average Bonchev–Trinajstić information content (AvgIpc) is 3.38. The normalized spacial score (nSPS) is 19.2. The summed E-state index contributed by atoms with van der Waals surface area (Å²) in [4.78, 5) is 16.6. The molecule has 1 amide bonds. The Morgan fingerprint density at radius 1 is 1.00 bits per heavy atom. The lowest BCUT2D eigenvalue weighted by atomic mass is 9.91. The topological polar surface area (TPSA) is 63.4 Å². The van der Waals surface area contributed by atoms with Crippen LogP contribution in [0.15, 0.2) is 54.9 Å². The van der Waals surface area contributed by atoms with Gasteiger partial charge in [0.25, 0.3) is 5.91 Å². The van der Waals surface area contributed by atoms with Crippen LogP contribution in [0, 0.1) is 0 Å². The number of halogens is 3. The van der Waals surface area contributed by atoms with E-state index < -0.39 is 11.9 Å². The Morgan fingerprint density at radius 3 is 2.48 bits per heavy atom. The van der Waals surface area contributed by atoms with E-state index in [1.807, 2.05) is 42.1 Å². The minimum absolute atomic E-state index is 0.0652. The second-order valence-corrected chi connectivity index (χ2v) is 8.60. The number of hydrogen-bond acceptors (Lipinski definition) is 3. The van der Waals surface area contributed by atoms with Gasteiger partial charge in [-0.2, -0.15) is 13.2 Å². The first kappa shape index (κ1) is 21.4. The van der Waals surface area contributed by atoms with Crippen molar-refractivity contribution in [2.75, 3.05) is 5.32 Å². The Kier molecular flexibility index (Phi) is 5.26. The maximum atomic E-state index is 13.0.